The Morgan fingerprint density at radius 1 is 1.88 bits per heavy atom. The van der Waals surface area contributed by atoms with Crippen molar-refractivity contribution in [1.82, 2.24) is 4.90 Å². The van der Waals surface area contributed by atoms with E-state index in [1.807, 2.05) is 0 Å². The lowest BCUT2D eigenvalue weighted by molar-refractivity contribution is 0.408. The van der Waals surface area contributed by atoms with E-state index in [4.69, 9.17) is 5.73 Å². The van der Waals surface area contributed by atoms with Crippen molar-refractivity contribution in [1.29, 1.82) is 0 Å². The van der Waals surface area contributed by atoms with Crippen LogP contribution in [-0.2, 0) is 0 Å². The SMILES string of the molecule is CC(CN)N1CC1C. The van der Waals surface area contributed by atoms with Crippen LogP contribution in [-0.4, -0.2) is 30.1 Å². The molecule has 0 radical (unpaired) electrons. The van der Waals surface area contributed by atoms with Gasteiger partial charge in [-0.05, 0) is 13.8 Å². The molecule has 0 aromatic carbocycles. The van der Waals surface area contributed by atoms with Crippen LogP contribution < -0.4 is 5.73 Å². The molecule has 2 nitrogen and oxygen atoms in total. The Kier molecular flexibility index (Phi) is 1.54. The molecule has 1 rings (SSSR count). The smallest absolute Gasteiger partial charge is 0.0199 e. The highest BCUT2D eigenvalue weighted by Crippen LogP contribution is 2.18. The Bertz CT molecular complexity index is 80.6. The molecule has 48 valence electrons. The Morgan fingerprint density at radius 3 is 2.50 bits per heavy atom. The molecule has 2 heteroatoms. The van der Waals surface area contributed by atoms with Crippen molar-refractivity contribution < 1.29 is 0 Å². The van der Waals surface area contributed by atoms with E-state index in [2.05, 4.69) is 18.7 Å². The van der Waals surface area contributed by atoms with Gasteiger partial charge in [-0.3, -0.25) is 4.90 Å². The molecule has 0 bridgehead atoms. The molecule has 1 saturated heterocycles. The van der Waals surface area contributed by atoms with Crippen LogP contribution in [0.3, 0.4) is 0 Å². The largest absolute Gasteiger partial charge is 0.329 e. The first-order chi connectivity index (χ1) is 3.75. The lowest BCUT2D eigenvalue weighted by atomic mass is 10.3. The van der Waals surface area contributed by atoms with E-state index in [1.54, 1.807) is 0 Å². The van der Waals surface area contributed by atoms with Gasteiger partial charge in [-0.15, -0.1) is 0 Å². The predicted octanol–water partition coefficient (Wildman–Crippen LogP) is 0.0377. The average molecular weight is 114 g/mol. The van der Waals surface area contributed by atoms with Crippen molar-refractivity contribution in [3.63, 3.8) is 0 Å². The first kappa shape index (κ1) is 6.05. The number of hydrogen-bond acceptors (Lipinski definition) is 2. The fourth-order valence-electron chi connectivity index (χ4n) is 1.01. The number of rotatable bonds is 2. The fourth-order valence-corrected chi connectivity index (χ4v) is 1.01. The molecule has 0 aromatic rings. The van der Waals surface area contributed by atoms with Crippen molar-refractivity contribution in [2.75, 3.05) is 13.1 Å². The van der Waals surface area contributed by atoms with Crippen LogP contribution in [0.15, 0.2) is 0 Å². The molecule has 1 aliphatic rings. The van der Waals surface area contributed by atoms with Crippen molar-refractivity contribution in [2.24, 2.45) is 5.73 Å². The van der Waals surface area contributed by atoms with Gasteiger partial charge in [0.15, 0.2) is 0 Å². The molecule has 0 saturated carbocycles. The van der Waals surface area contributed by atoms with Gasteiger partial charge < -0.3 is 5.73 Å². The Balaban J connectivity index is 2.18. The summed E-state index contributed by atoms with van der Waals surface area (Å²) in [6.07, 6.45) is 0. The second-order valence-corrected chi connectivity index (χ2v) is 2.63. The van der Waals surface area contributed by atoms with Gasteiger partial charge in [-0.2, -0.15) is 0 Å². The lowest BCUT2D eigenvalue weighted by Crippen LogP contribution is -2.25. The van der Waals surface area contributed by atoms with Crippen LogP contribution in [0.1, 0.15) is 13.8 Å². The molecule has 2 N–H and O–H groups in total. The summed E-state index contributed by atoms with van der Waals surface area (Å²) < 4.78 is 0. The van der Waals surface area contributed by atoms with Gasteiger partial charge in [0.2, 0.25) is 0 Å². The summed E-state index contributed by atoms with van der Waals surface area (Å²) in [7, 11) is 0. The quantitative estimate of drug-likeness (QED) is 0.513. The maximum Gasteiger partial charge on any atom is 0.0199 e. The van der Waals surface area contributed by atoms with Crippen molar-refractivity contribution in [3.8, 4) is 0 Å². The van der Waals surface area contributed by atoms with Crippen molar-refractivity contribution >= 4 is 0 Å². The zero-order chi connectivity index (χ0) is 6.15. The van der Waals surface area contributed by atoms with Crippen LogP contribution in [0.2, 0.25) is 0 Å². The summed E-state index contributed by atoms with van der Waals surface area (Å²) >= 11 is 0. The van der Waals surface area contributed by atoms with Crippen molar-refractivity contribution in [3.05, 3.63) is 0 Å². The fraction of sp³-hybridized carbons (Fsp3) is 1.00. The third-order valence-electron chi connectivity index (χ3n) is 1.81. The summed E-state index contributed by atoms with van der Waals surface area (Å²) in [6, 6.07) is 1.40. The molecule has 0 spiro atoms. The summed E-state index contributed by atoms with van der Waals surface area (Å²) in [4.78, 5) is 2.39. The van der Waals surface area contributed by atoms with Crippen LogP contribution in [0.4, 0.5) is 0 Å². The molecule has 1 fully saturated rings. The molecule has 0 amide bonds. The average Bonchev–Trinajstić information content (AvgIpc) is 2.45. The van der Waals surface area contributed by atoms with E-state index < -0.39 is 0 Å². The molecule has 1 heterocycles. The third kappa shape index (κ3) is 1.01. The molecule has 0 aromatic heterocycles. The van der Waals surface area contributed by atoms with Crippen LogP contribution in [0, 0.1) is 0 Å². The topological polar surface area (TPSA) is 29.0 Å². The van der Waals surface area contributed by atoms with E-state index in [-0.39, 0.29) is 0 Å². The maximum absolute atomic E-state index is 5.43. The molecule has 8 heavy (non-hydrogen) atoms. The highest BCUT2D eigenvalue weighted by molar-refractivity contribution is 4.89. The van der Waals surface area contributed by atoms with E-state index >= 15 is 0 Å². The summed E-state index contributed by atoms with van der Waals surface area (Å²) in [5, 5.41) is 0. The van der Waals surface area contributed by atoms with E-state index in [0.717, 1.165) is 12.6 Å². The molecule has 3 unspecified atom stereocenters. The van der Waals surface area contributed by atoms with Gasteiger partial charge in [0.05, 0.1) is 0 Å². The standard InChI is InChI=1S/C6H14N2/c1-5(3-7)8-4-6(8)2/h5-6H,3-4,7H2,1-2H3. The monoisotopic (exact) mass is 114 g/mol. The third-order valence-corrected chi connectivity index (χ3v) is 1.81. The molecule has 0 aliphatic carbocycles. The molecule has 3 atom stereocenters. The van der Waals surface area contributed by atoms with Crippen LogP contribution in [0.25, 0.3) is 0 Å². The lowest BCUT2D eigenvalue weighted by Gasteiger charge is -2.08. The predicted molar refractivity (Wildman–Crippen MR) is 34.7 cm³/mol. The first-order valence-electron chi connectivity index (χ1n) is 3.21. The minimum absolute atomic E-state index is 0.602. The first-order valence-corrected chi connectivity index (χ1v) is 3.21. The Morgan fingerprint density at radius 2 is 2.38 bits per heavy atom. The van der Waals surface area contributed by atoms with Crippen LogP contribution >= 0.6 is 0 Å². The van der Waals surface area contributed by atoms with Gasteiger partial charge in [0.25, 0.3) is 0 Å². The molecular formula is C6H14N2. The van der Waals surface area contributed by atoms with Gasteiger partial charge in [0, 0.05) is 25.2 Å². The normalized spacial score (nSPS) is 39.4. The zero-order valence-corrected chi connectivity index (χ0v) is 5.59. The van der Waals surface area contributed by atoms with Gasteiger partial charge in [-0.1, -0.05) is 0 Å². The Hall–Kier alpha value is -0.0800. The molecular weight excluding hydrogens is 100 g/mol. The second kappa shape index (κ2) is 2.03. The van der Waals surface area contributed by atoms with E-state index in [1.165, 1.54) is 6.54 Å². The Labute approximate surface area is 50.7 Å². The number of hydrogen-bond donors (Lipinski definition) is 1. The second-order valence-electron chi connectivity index (χ2n) is 2.63. The van der Waals surface area contributed by atoms with Gasteiger partial charge >= 0.3 is 0 Å². The summed E-state index contributed by atoms with van der Waals surface area (Å²) in [6.45, 7) is 6.44. The number of nitrogens with two attached hydrogens (primary N) is 1. The van der Waals surface area contributed by atoms with Gasteiger partial charge in [0.1, 0.15) is 0 Å². The maximum atomic E-state index is 5.43. The van der Waals surface area contributed by atoms with Crippen molar-refractivity contribution in [2.45, 2.75) is 25.9 Å². The van der Waals surface area contributed by atoms with E-state index in [0.29, 0.717) is 6.04 Å². The van der Waals surface area contributed by atoms with Crippen LogP contribution in [0.5, 0.6) is 0 Å². The number of nitrogens with zero attached hydrogens (tertiary/aromatic N) is 1. The highest BCUT2D eigenvalue weighted by Gasteiger charge is 2.32. The summed E-state index contributed by atoms with van der Waals surface area (Å²) in [5.41, 5.74) is 5.43. The van der Waals surface area contributed by atoms with E-state index in [9.17, 15) is 0 Å². The zero-order valence-electron chi connectivity index (χ0n) is 5.59. The summed E-state index contributed by atoms with van der Waals surface area (Å²) in [5.74, 6) is 0. The highest BCUT2D eigenvalue weighted by atomic mass is 15.3. The minimum atomic E-state index is 0.602. The minimum Gasteiger partial charge on any atom is -0.329 e. The van der Waals surface area contributed by atoms with Gasteiger partial charge in [-0.25, -0.2) is 0 Å². The molecule has 1 aliphatic heterocycles.